The number of amides is 1. The minimum Gasteiger partial charge on any atom is -0.477 e. The zero-order valence-electron chi connectivity index (χ0n) is 32.1. The molecule has 326 valence electrons. The van der Waals surface area contributed by atoms with E-state index in [4.69, 9.17) is 16.3 Å². The van der Waals surface area contributed by atoms with Crippen LogP contribution in [0, 0.1) is 23.0 Å². The van der Waals surface area contributed by atoms with Crippen LogP contribution in [0.15, 0.2) is 47.3 Å². The standard InChI is InChI=1S/C39H31ClF9N9O3S/c1-56-30-24(5-4-22(40)28(30)34(54-56)55-62-2)58-35(52-33-19(36(58)60)3-6-26(51-33)61-15-37(7-8-37)39(47,48)49)23(11-16-9-17(41)12-18(42)10-16)50-25(59)14-57-31-27(29(53-57)32(43)44)20-13-21(20)38(31,45)46/h3-6,9-10,12,20-21,23,32H,7-8,11,13-15H2,1-2H3,(H,50,59)(H,54,55). The summed E-state index contributed by atoms with van der Waals surface area (Å²) in [7, 11) is 1.55. The van der Waals surface area contributed by atoms with E-state index in [1.807, 2.05) is 0 Å². The van der Waals surface area contributed by atoms with E-state index < -0.39 is 95.9 Å². The van der Waals surface area contributed by atoms with Gasteiger partial charge in [0.15, 0.2) is 11.5 Å². The van der Waals surface area contributed by atoms with Gasteiger partial charge in [-0.05, 0) is 61.1 Å². The Kier molecular flexibility index (Phi) is 9.99. The van der Waals surface area contributed by atoms with E-state index in [2.05, 4.69) is 30.2 Å². The topological polar surface area (TPSA) is 134 Å². The van der Waals surface area contributed by atoms with Crippen LogP contribution in [0.1, 0.15) is 66.0 Å². The van der Waals surface area contributed by atoms with E-state index in [9.17, 15) is 40.3 Å². The van der Waals surface area contributed by atoms with Gasteiger partial charge in [-0.1, -0.05) is 23.5 Å². The van der Waals surface area contributed by atoms with Gasteiger partial charge in [0.2, 0.25) is 11.8 Å². The highest BCUT2D eigenvalue weighted by Gasteiger charge is 2.67. The molecule has 3 unspecified atom stereocenters. The van der Waals surface area contributed by atoms with Gasteiger partial charge in [-0.2, -0.15) is 37.1 Å². The summed E-state index contributed by atoms with van der Waals surface area (Å²) in [6, 6.07) is 6.19. The number of nitrogens with zero attached hydrogens (tertiary/aromatic N) is 7. The Labute approximate surface area is 352 Å². The summed E-state index contributed by atoms with van der Waals surface area (Å²) < 4.78 is 141. The second-order valence-corrected chi connectivity index (χ2v) is 16.6. The van der Waals surface area contributed by atoms with Crippen molar-refractivity contribution in [2.24, 2.45) is 18.4 Å². The van der Waals surface area contributed by atoms with Gasteiger partial charge < -0.3 is 14.8 Å². The van der Waals surface area contributed by atoms with Crippen molar-refractivity contribution in [2.45, 2.75) is 62.7 Å². The Morgan fingerprint density at radius 1 is 1.06 bits per heavy atom. The van der Waals surface area contributed by atoms with E-state index in [0.717, 1.165) is 16.7 Å². The average Bonchev–Trinajstić information content (AvgIpc) is 4.09. The normalized spacial score (nSPS) is 18.9. The molecule has 0 spiro atoms. The molecule has 9 rings (SSSR count). The molecule has 6 aromatic rings. The highest BCUT2D eigenvalue weighted by molar-refractivity contribution is 7.99. The summed E-state index contributed by atoms with van der Waals surface area (Å²) in [6.07, 6.45) is -6.94. The van der Waals surface area contributed by atoms with Crippen LogP contribution >= 0.6 is 23.5 Å². The largest absolute Gasteiger partial charge is 0.477 e. The fourth-order valence-electron chi connectivity index (χ4n) is 8.32. The van der Waals surface area contributed by atoms with Crippen molar-refractivity contribution in [1.29, 1.82) is 0 Å². The maximum Gasteiger partial charge on any atom is 0.397 e. The SMILES string of the molecule is CSNc1nn(C)c2c(-n3c(C(Cc4cc(F)cc(F)c4)NC(=O)Cn4nc(C(F)F)c5c4C(F)(F)C4CC54)nc4nc(OCC5(C(F)(F)F)CC5)ccc4c3=O)ccc(Cl)c12. The number of alkyl halides is 7. The molecule has 12 nitrogen and oxygen atoms in total. The monoisotopic (exact) mass is 911 g/mol. The van der Waals surface area contributed by atoms with Crippen LogP contribution in [0.4, 0.5) is 45.3 Å². The summed E-state index contributed by atoms with van der Waals surface area (Å²) in [5, 5.41) is 11.2. The number of nitrogens with one attached hydrogen (secondary N) is 2. The molecule has 0 saturated heterocycles. The molecule has 0 radical (unpaired) electrons. The minimum atomic E-state index is -4.56. The molecule has 2 fully saturated rings. The van der Waals surface area contributed by atoms with Gasteiger partial charge in [0.1, 0.15) is 47.4 Å². The van der Waals surface area contributed by atoms with Gasteiger partial charge in [-0.15, -0.1) is 0 Å². The first-order valence-corrected chi connectivity index (χ1v) is 20.5. The van der Waals surface area contributed by atoms with E-state index >= 15 is 8.78 Å². The highest BCUT2D eigenvalue weighted by atomic mass is 35.5. The third-order valence-electron chi connectivity index (χ3n) is 11.5. The van der Waals surface area contributed by atoms with Gasteiger partial charge in [0, 0.05) is 43.3 Å². The van der Waals surface area contributed by atoms with E-state index in [1.54, 1.807) is 13.3 Å². The maximum atomic E-state index is 15.5. The minimum absolute atomic E-state index is 0.0253. The lowest BCUT2D eigenvalue weighted by Gasteiger charge is -2.24. The molecule has 0 bridgehead atoms. The number of aryl methyl sites for hydroxylation is 1. The summed E-state index contributed by atoms with van der Waals surface area (Å²) >= 11 is 7.85. The van der Waals surface area contributed by atoms with Crippen LogP contribution in [0.25, 0.3) is 27.6 Å². The lowest BCUT2D eigenvalue weighted by molar-refractivity contribution is -0.194. The third-order valence-corrected chi connectivity index (χ3v) is 12.2. The lowest BCUT2D eigenvalue weighted by Crippen LogP contribution is -2.38. The van der Waals surface area contributed by atoms with E-state index in [1.165, 1.54) is 40.9 Å². The average molecular weight is 912 g/mol. The zero-order valence-corrected chi connectivity index (χ0v) is 33.7. The summed E-state index contributed by atoms with van der Waals surface area (Å²) in [4.78, 5) is 37.8. The molecule has 62 heavy (non-hydrogen) atoms. The number of aromatic nitrogens is 7. The van der Waals surface area contributed by atoms with Gasteiger partial charge in [0.05, 0.1) is 33.0 Å². The third kappa shape index (κ3) is 6.98. The molecular weight excluding hydrogens is 881 g/mol. The van der Waals surface area contributed by atoms with Gasteiger partial charge in [-0.25, -0.2) is 22.5 Å². The molecule has 4 heterocycles. The van der Waals surface area contributed by atoms with Crippen LogP contribution in [0.3, 0.4) is 0 Å². The van der Waals surface area contributed by atoms with Crippen molar-refractivity contribution >= 4 is 57.2 Å². The summed E-state index contributed by atoms with van der Waals surface area (Å²) in [5.74, 6) is -9.18. The number of hydrogen-bond donors (Lipinski definition) is 2. The number of fused-ring (bicyclic) bond motifs is 5. The number of carbonyl (C=O) groups is 1. The van der Waals surface area contributed by atoms with Crippen molar-refractivity contribution in [2.75, 3.05) is 17.6 Å². The number of benzene rings is 2. The zero-order chi connectivity index (χ0) is 44.2. The molecule has 2 aromatic carbocycles. The van der Waals surface area contributed by atoms with Crippen molar-refractivity contribution in [3.8, 4) is 11.6 Å². The molecule has 23 heteroatoms. The van der Waals surface area contributed by atoms with Crippen LogP contribution in [-0.4, -0.2) is 59.0 Å². The van der Waals surface area contributed by atoms with Crippen molar-refractivity contribution in [1.82, 2.24) is 39.4 Å². The van der Waals surface area contributed by atoms with Crippen LogP contribution in [-0.2, 0) is 30.7 Å². The Morgan fingerprint density at radius 2 is 1.79 bits per heavy atom. The first kappa shape index (κ1) is 41.8. The molecule has 2 N–H and O–H groups in total. The van der Waals surface area contributed by atoms with Crippen molar-refractivity contribution in [3.63, 3.8) is 0 Å². The first-order chi connectivity index (χ1) is 29.3. The Morgan fingerprint density at radius 3 is 2.45 bits per heavy atom. The second-order valence-electron chi connectivity index (χ2n) is 15.5. The fraction of sp³-hybridized carbons (Fsp3) is 0.385. The predicted octanol–water partition coefficient (Wildman–Crippen LogP) is 8.45. The molecule has 3 aliphatic carbocycles. The molecule has 0 aliphatic heterocycles. The van der Waals surface area contributed by atoms with Crippen LogP contribution in [0.2, 0.25) is 5.02 Å². The Balaban J connectivity index is 1.21. The van der Waals surface area contributed by atoms with E-state index in [-0.39, 0.29) is 69.4 Å². The quantitative estimate of drug-likeness (QED) is 0.0865. The molecule has 3 aliphatic rings. The summed E-state index contributed by atoms with van der Waals surface area (Å²) in [6.45, 7) is -1.80. The number of hydrogen-bond acceptors (Lipinski definition) is 9. The fourth-order valence-corrected chi connectivity index (χ4v) is 8.90. The number of halogens is 10. The number of pyridine rings is 1. The molecule has 4 aromatic heterocycles. The molecule has 2 saturated carbocycles. The van der Waals surface area contributed by atoms with Crippen molar-refractivity contribution in [3.05, 3.63) is 97.8 Å². The number of carbonyl (C=O) groups excluding carboxylic acids is 1. The van der Waals surface area contributed by atoms with Gasteiger partial charge >= 0.3 is 6.18 Å². The predicted molar refractivity (Wildman–Crippen MR) is 208 cm³/mol. The molecule has 3 atom stereocenters. The second kappa shape index (κ2) is 14.8. The van der Waals surface area contributed by atoms with Crippen LogP contribution < -0.4 is 20.3 Å². The highest BCUT2D eigenvalue weighted by Crippen LogP contribution is 2.68. The molecular formula is C39H31ClF9N9O3S. The van der Waals surface area contributed by atoms with E-state index in [0.29, 0.717) is 22.0 Å². The lowest BCUT2D eigenvalue weighted by atomic mass is 10.0. The molecule has 1 amide bonds. The Hall–Kier alpha value is -5.51. The number of rotatable bonds is 13. The Bertz CT molecular complexity index is 2860. The first-order valence-electron chi connectivity index (χ1n) is 18.9. The van der Waals surface area contributed by atoms with Gasteiger partial charge in [0.25, 0.3) is 17.9 Å². The maximum absolute atomic E-state index is 15.5. The number of ether oxygens (including phenoxy) is 1. The summed E-state index contributed by atoms with van der Waals surface area (Å²) in [5.41, 5.74) is -5.07. The van der Waals surface area contributed by atoms with Crippen molar-refractivity contribution < 1.29 is 49.0 Å². The smallest absolute Gasteiger partial charge is 0.397 e. The van der Waals surface area contributed by atoms with Crippen LogP contribution in [0.5, 0.6) is 5.88 Å². The van der Waals surface area contributed by atoms with Gasteiger partial charge in [-0.3, -0.25) is 23.5 Å². The number of anilines is 1.